The number of nitrogens with two attached hydrogens (primary N) is 1. The number of aliphatic hydroxyl groups is 2. The molecule has 1 aromatic carbocycles. The van der Waals surface area contributed by atoms with E-state index in [4.69, 9.17) is 10.5 Å². The standard InChI is InChI=1S/C21H27N7O4/c1-23-19-16-20(25-10-24-19)28(11-26-16)15-9-14(17(29)18(15)30)27-21(31)12-3-5-13(6-4-12)32-8-2-7-22/h3-6,10-11,14-15,17-18,29-30H,2,7-9,22H2,1H3,(H,27,31)(H,23,24,25)/t14-,15+,17-,18+/m1/s1. The topological polar surface area (TPSA) is 160 Å². The molecule has 1 aliphatic carbocycles. The van der Waals surface area contributed by atoms with Gasteiger partial charge in [-0.1, -0.05) is 0 Å². The van der Waals surface area contributed by atoms with E-state index in [1.54, 1.807) is 42.2 Å². The molecule has 11 heteroatoms. The van der Waals surface area contributed by atoms with E-state index in [1.807, 2.05) is 0 Å². The lowest BCUT2D eigenvalue weighted by Gasteiger charge is -2.18. The quantitative estimate of drug-likeness (QED) is 0.304. The van der Waals surface area contributed by atoms with E-state index in [0.29, 0.717) is 47.9 Å². The lowest BCUT2D eigenvalue weighted by molar-refractivity contribution is 0.0143. The van der Waals surface area contributed by atoms with Crippen LogP contribution in [0.25, 0.3) is 11.2 Å². The number of anilines is 1. The monoisotopic (exact) mass is 441 g/mol. The molecule has 4 atom stereocenters. The molecule has 11 nitrogen and oxygen atoms in total. The summed E-state index contributed by atoms with van der Waals surface area (Å²) in [6, 6.07) is 5.60. The van der Waals surface area contributed by atoms with Gasteiger partial charge in [0.05, 0.1) is 25.0 Å². The van der Waals surface area contributed by atoms with Crippen LogP contribution in [0.2, 0.25) is 0 Å². The van der Waals surface area contributed by atoms with Crippen molar-refractivity contribution in [1.29, 1.82) is 0 Å². The van der Waals surface area contributed by atoms with Gasteiger partial charge in [-0.15, -0.1) is 0 Å². The number of amides is 1. The second kappa shape index (κ2) is 9.47. The van der Waals surface area contributed by atoms with Gasteiger partial charge in [0.25, 0.3) is 5.91 Å². The molecular formula is C21H27N7O4. The van der Waals surface area contributed by atoms with Crippen LogP contribution in [-0.2, 0) is 0 Å². The molecule has 1 amide bonds. The van der Waals surface area contributed by atoms with Crippen molar-refractivity contribution in [2.45, 2.75) is 37.1 Å². The summed E-state index contributed by atoms with van der Waals surface area (Å²) in [5.41, 5.74) is 6.99. The molecule has 0 spiro atoms. The molecule has 170 valence electrons. The highest BCUT2D eigenvalue weighted by Gasteiger charge is 2.43. The van der Waals surface area contributed by atoms with Crippen molar-refractivity contribution in [1.82, 2.24) is 24.8 Å². The Morgan fingerprint density at radius 1 is 1.22 bits per heavy atom. The smallest absolute Gasteiger partial charge is 0.251 e. The van der Waals surface area contributed by atoms with Crippen LogP contribution < -0.4 is 21.1 Å². The van der Waals surface area contributed by atoms with Crippen molar-refractivity contribution >= 4 is 22.9 Å². The van der Waals surface area contributed by atoms with Crippen LogP contribution in [0.3, 0.4) is 0 Å². The number of carbonyl (C=O) groups excluding carboxylic acids is 1. The number of imidazole rings is 1. The Morgan fingerprint density at radius 3 is 2.72 bits per heavy atom. The van der Waals surface area contributed by atoms with E-state index in [2.05, 4.69) is 25.6 Å². The van der Waals surface area contributed by atoms with Gasteiger partial charge in [0, 0.05) is 12.6 Å². The summed E-state index contributed by atoms with van der Waals surface area (Å²) in [6.45, 7) is 1.06. The third-order valence-electron chi connectivity index (χ3n) is 5.65. The van der Waals surface area contributed by atoms with Crippen LogP contribution in [0, 0.1) is 0 Å². The Bertz CT molecular complexity index is 1070. The van der Waals surface area contributed by atoms with Crippen LogP contribution in [-0.4, -0.2) is 74.1 Å². The predicted molar refractivity (Wildman–Crippen MR) is 117 cm³/mol. The zero-order valence-corrected chi connectivity index (χ0v) is 17.7. The molecule has 0 radical (unpaired) electrons. The van der Waals surface area contributed by atoms with E-state index in [9.17, 15) is 15.0 Å². The van der Waals surface area contributed by atoms with E-state index in [0.717, 1.165) is 6.42 Å². The van der Waals surface area contributed by atoms with E-state index in [1.165, 1.54) is 6.33 Å². The summed E-state index contributed by atoms with van der Waals surface area (Å²) in [5.74, 6) is 0.883. The van der Waals surface area contributed by atoms with Crippen LogP contribution >= 0.6 is 0 Å². The number of nitrogens with zero attached hydrogens (tertiary/aromatic N) is 4. The van der Waals surface area contributed by atoms with Gasteiger partial charge in [0.15, 0.2) is 11.5 Å². The number of carbonyl (C=O) groups is 1. The number of benzene rings is 1. The second-order valence-corrected chi connectivity index (χ2v) is 7.68. The fourth-order valence-corrected chi connectivity index (χ4v) is 3.93. The molecule has 2 aromatic heterocycles. The molecule has 0 aliphatic heterocycles. The largest absolute Gasteiger partial charge is 0.494 e. The molecule has 32 heavy (non-hydrogen) atoms. The first-order valence-electron chi connectivity index (χ1n) is 10.5. The van der Waals surface area contributed by atoms with Crippen molar-refractivity contribution in [3.63, 3.8) is 0 Å². The molecule has 1 fully saturated rings. The van der Waals surface area contributed by atoms with Gasteiger partial charge in [0.2, 0.25) is 0 Å². The summed E-state index contributed by atoms with van der Waals surface area (Å²) in [6.07, 6.45) is 1.81. The lowest BCUT2D eigenvalue weighted by atomic mass is 10.1. The van der Waals surface area contributed by atoms with Gasteiger partial charge in [0.1, 0.15) is 29.8 Å². The predicted octanol–water partition coefficient (Wildman–Crippen LogP) is 0.0608. The molecule has 1 aliphatic rings. The Labute approximate surface area is 184 Å². The maximum atomic E-state index is 12.7. The van der Waals surface area contributed by atoms with Gasteiger partial charge >= 0.3 is 0 Å². The van der Waals surface area contributed by atoms with Crippen molar-refractivity contribution < 1.29 is 19.7 Å². The molecule has 1 saturated carbocycles. The van der Waals surface area contributed by atoms with Crippen molar-refractivity contribution in [2.75, 3.05) is 25.5 Å². The zero-order chi connectivity index (χ0) is 22.7. The number of aliphatic hydroxyl groups excluding tert-OH is 2. The maximum Gasteiger partial charge on any atom is 0.251 e. The minimum absolute atomic E-state index is 0.318. The van der Waals surface area contributed by atoms with Gasteiger partial charge in [-0.3, -0.25) is 4.79 Å². The molecule has 3 aromatic rings. The van der Waals surface area contributed by atoms with Gasteiger partial charge in [-0.25, -0.2) is 15.0 Å². The number of fused-ring (bicyclic) bond motifs is 1. The first-order valence-corrected chi connectivity index (χ1v) is 10.5. The normalized spacial score (nSPS) is 22.8. The molecule has 0 saturated heterocycles. The Morgan fingerprint density at radius 2 is 2.00 bits per heavy atom. The summed E-state index contributed by atoms with van der Waals surface area (Å²) in [4.78, 5) is 25.4. The molecule has 2 heterocycles. The fourth-order valence-electron chi connectivity index (χ4n) is 3.93. The highest BCUT2D eigenvalue weighted by atomic mass is 16.5. The number of aromatic nitrogens is 4. The van der Waals surface area contributed by atoms with Crippen LogP contribution in [0.1, 0.15) is 29.2 Å². The highest BCUT2D eigenvalue weighted by Crippen LogP contribution is 2.33. The molecule has 4 rings (SSSR count). The van der Waals surface area contributed by atoms with Crippen molar-refractivity contribution in [2.24, 2.45) is 5.73 Å². The van der Waals surface area contributed by atoms with Gasteiger partial charge in [-0.05, 0) is 43.7 Å². The number of hydrogen-bond acceptors (Lipinski definition) is 9. The minimum atomic E-state index is -1.13. The number of nitrogens with one attached hydrogen (secondary N) is 2. The third-order valence-corrected chi connectivity index (χ3v) is 5.65. The van der Waals surface area contributed by atoms with E-state index in [-0.39, 0.29) is 5.91 Å². The highest BCUT2D eigenvalue weighted by molar-refractivity contribution is 5.94. The zero-order valence-electron chi connectivity index (χ0n) is 17.7. The molecule has 0 unspecified atom stereocenters. The second-order valence-electron chi connectivity index (χ2n) is 7.68. The third kappa shape index (κ3) is 4.22. The van der Waals surface area contributed by atoms with E-state index < -0.39 is 24.3 Å². The first kappa shape index (κ1) is 21.9. The number of hydrogen-bond donors (Lipinski definition) is 5. The summed E-state index contributed by atoms with van der Waals surface area (Å²) in [7, 11) is 1.74. The minimum Gasteiger partial charge on any atom is -0.494 e. The average molecular weight is 441 g/mol. The van der Waals surface area contributed by atoms with Crippen molar-refractivity contribution in [3.05, 3.63) is 42.5 Å². The lowest BCUT2D eigenvalue weighted by Crippen LogP contribution is -2.43. The van der Waals surface area contributed by atoms with Crippen LogP contribution in [0.4, 0.5) is 5.82 Å². The number of rotatable bonds is 8. The molecular weight excluding hydrogens is 414 g/mol. The maximum absolute atomic E-state index is 12.7. The SMILES string of the molecule is CNc1ncnc2c1ncn2[C@H]1C[C@@H](NC(=O)c2ccc(OCCCN)cc2)[C@@H](O)[C@H]1O. The summed E-state index contributed by atoms with van der Waals surface area (Å²) >= 11 is 0. The Hall–Kier alpha value is -3.28. The van der Waals surface area contributed by atoms with Crippen molar-refractivity contribution in [3.8, 4) is 5.75 Å². The van der Waals surface area contributed by atoms with Crippen LogP contribution in [0.5, 0.6) is 5.75 Å². The first-order chi connectivity index (χ1) is 15.5. The molecule has 6 N–H and O–H groups in total. The van der Waals surface area contributed by atoms with Gasteiger partial charge < -0.3 is 35.9 Å². The van der Waals surface area contributed by atoms with Crippen LogP contribution in [0.15, 0.2) is 36.9 Å². The van der Waals surface area contributed by atoms with E-state index >= 15 is 0 Å². The van der Waals surface area contributed by atoms with Gasteiger partial charge in [-0.2, -0.15) is 0 Å². The molecule has 0 bridgehead atoms. The Kier molecular flexibility index (Phi) is 6.49. The average Bonchev–Trinajstić information content (AvgIpc) is 3.36. The Balaban J connectivity index is 1.45. The summed E-state index contributed by atoms with van der Waals surface area (Å²) in [5, 5.41) is 27.0. The summed E-state index contributed by atoms with van der Waals surface area (Å²) < 4.78 is 7.26. The fraction of sp³-hybridized carbons (Fsp3) is 0.429. The number of ether oxygens (including phenoxy) is 1.